The van der Waals surface area contributed by atoms with Gasteiger partial charge in [0.05, 0.1) is 35.8 Å². The minimum atomic E-state index is -4.55. The van der Waals surface area contributed by atoms with Crippen LogP contribution in [0.15, 0.2) is 42.5 Å². The van der Waals surface area contributed by atoms with Gasteiger partial charge in [-0.3, -0.25) is 9.59 Å². The van der Waals surface area contributed by atoms with Crippen LogP contribution in [-0.4, -0.2) is 36.4 Å². The second-order valence-corrected chi connectivity index (χ2v) is 8.07. The van der Waals surface area contributed by atoms with Crippen molar-refractivity contribution in [3.05, 3.63) is 64.2 Å². The molecule has 0 saturated heterocycles. The Labute approximate surface area is 197 Å². The van der Waals surface area contributed by atoms with E-state index in [0.29, 0.717) is 39.9 Å². The lowest BCUT2D eigenvalue weighted by atomic mass is 9.98. The summed E-state index contributed by atoms with van der Waals surface area (Å²) in [6.07, 6.45) is -4.80. The molecule has 4 rings (SSSR count). The fraction of sp³-hybridized carbons (Fsp3) is 0.250. The van der Waals surface area contributed by atoms with E-state index in [1.807, 2.05) is 0 Å². The molecule has 1 aliphatic heterocycles. The average Bonchev–Trinajstić information content (AvgIpc) is 3.09. The third-order valence-electron chi connectivity index (χ3n) is 5.32. The molecule has 0 bridgehead atoms. The topological polar surface area (TPSA) is 76.1 Å². The van der Waals surface area contributed by atoms with Crippen LogP contribution >= 0.6 is 11.6 Å². The largest absolute Gasteiger partial charge is 0.493 e. The van der Waals surface area contributed by atoms with Crippen LogP contribution in [0.4, 0.5) is 18.9 Å². The molecule has 10 heteroatoms. The number of amides is 1. The van der Waals surface area contributed by atoms with Crippen molar-refractivity contribution < 1.29 is 37.3 Å². The Morgan fingerprint density at radius 2 is 1.91 bits per heavy atom. The number of benzene rings is 3. The number of alkyl halides is 3. The maximum Gasteiger partial charge on any atom is 0.422 e. The minimum Gasteiger partial charge on any atom is -0.493 e. The number of hydrogen-bond acceptors (Lipinski definition) is 4. The van der Waals surface area contributed by atoms with Crippen molar-refractivity contribution in [1.29, 1.82) is 0 Å². The van der Waals surface area contributed by atoms with Crippen LogP contribution in [0.5, 0.6) is 11.5 Å². The number of hydrogen-bond donors (Lipinski definition) is 1. The van der Waals surface area contributed by atoms with Gasteiger partial charge in [-0.25, -0.2) is 0 Å². The van der Waals surface area contributed by atoms with E-state index in [-0.39, 0.29) is 29.3 Å². The first-order chi connectivity index (χ1) is 16.1. The van der Waals surface area contributed by atoms with Crippen molar-refractivity contribution in [1.82, 2.24) is 0 Å². The second kappa shape index (κ2) is 9.06. The normalized spacial score (nSPS) is 13.3. The highest BCUT2D eigenvalue weighted by molar-refractivity contribution is 6.34. The molecule has 1 N–H and O–H groups in total. The van der Waals surface area contributed by atoms with E-state index in [0.717, 1.165) is 0 Å². The van der Waals surface area contributed by atoms with Gasteiger partial charge in [-0.2, -0.15) is 13.2 Å². The van der Waals surface area contributed by atoms with Crippen LogP contribution in [0.2, 0.25) is 5.02 Å². The molecule has 1 amide bonds. The SMILES string of the molecule is CCOc1cccc2cc(OCC(F)(F)F)c3c(c12)C(=O)N(c1ccc(CC(=O)O)cc1Cl)C3. The van der Waals surface area contributed by atoms with Crippen molar-refractivity contribution in [2.24, 2.45) is 0 Å². The number of carboxylic acid groups (broad SMARTS) is 1. The lowest BCUT2D eigenvalue weighted by molar-refractivity contribution is -0.153. The summed E-state index contributed by atoms with van der Waals surface area (Å²) >= 11 is 6.37. The number of aliphatic carboxylic acids is 1. The smallest absolute Gasteiger partial charge is 0.422 e. The number of rotatable bonds is 7. The minimum absolute atomic E-state index is 0.0528. The van der Waals surface area contributed by atoms with Crippen LogP contribution in [0.3, 0.4) is 0 Å². The van der Waals surface area contributed by atoms with Gasteiger partial charge in [-0.05, 0) is 42.1 Å². The summed E-state index contributed by atoms with van der Waals surface area (Å²) in [4.78, 5) is 25.9. The van der Waals surface area contributed by atoms with Crippen LogP contribution in [0, 0.1) is 0 Å². The molecule has 0 aromatic heterocycles. The molecule has 3 aromatic carbocycles. The molecule has 1 aliphatic rings. The fourth-order valence-corrected chi connectivity index (χ4v) is 4.31. The molecule has 0 unspecified atom stereocenters. The van der Waals surface area contributed by atoms with Crippen LogP contribution in [0.1, 0.15) is 28.4 Å². The zero-order valence-electron chi connectivity index (χ0n) is 17.9. The third kappa shape index (κ3) is 4.61. The Morgan fingerprint density at radius 1 is 1.15 bits per heavy atom. The molecule has 6 nitrogen and oxygen atoms in total. The molecule has 178 valence electrons. The number of ether oxygens (including phenoxy) is 2. The summed E-state index contributed by atoms with van der Waals surface area (Å²) < 4.78 is 49.5. The lowest BCUT2D eigenvalue weighted by Gasteiger charge is -2.18. The monoisotopic (exact) mass is 493 g/mol. The van der Waals surface area contributed by atoms with Gasteiger partial charge in [-0.15, -0.1) is 0 Å². The zero-order chi connectivity index (χ0) is 24.6. The molecule has 0 atom stereocenters. The highest BCUT2D eigenvalue weighted by Gasteiger charge is 2.37. The van der Waals surface area contributed by atoms with Crippen molar-refractivity contribution in [3.8, 4) is 11.5 Å². The summed E-state index contributed by atoms with van der Waals surface area (Å²) in [5.74, 6) is -1.13. The Kier molecular flexibility index (Phi) is 6.31. The molecule has 0 fully saturated rings. The van der Waals surface area contributed by atoms with Crippen LogP contribution in [0.25, 0.3) is 10.8 Å². The number of carbonyl (C=O) groups excluding carboxylic acids is 1. The maximum absolute atomic E-state index is 13.6. The number of carboxylic acids is 1. The number of fused-ring (bicyclic) bond motifs is 3. The maximum atomic E-state index is 13.6. The van der Waals surface area contributed by atoms with E-state index in [2.05, 4.69) is 0 Å². The van der Waals surface area contributed by atoms with E-state index >= 15 is 0 Å². The molecule has 34 heavy (non-hydrogen) atoms. The zero-order valence-corrected chi connectivity index (χ0v) is 18.7. The molecule has 3 aromatic rings. The molecule has 1 heterocycles. The Balaban J connectivity index is 1.84. The van der Waals surface area contributed by atoms with Crippen molar-refractivity contribution >= 4 is 39.9 Å². The Hall–Kier alpha value is -3.46. The quantitative estimate of drug-likeness (QED) is 0.462. The summed E-state index contributed by atoms with van der Waals surface area (Å²) in [6, 6.07) is 11.0. The Bertz CT molecular complexity index is 1290. The van der Waals surface area contributed by atoms with Gasteiger partial charge in [0.25, 0.3) is 5.91 Å². The Morgan fingerprint density at radius 3 is 2.56 bits per heavy atom. The first kappa shape index (κ1) is 23.7. The molecular formula is C24H19ClF3NO5. The number of halogens is 4. The van der Waals surface area contributed by atoms with Gasteiger partial charge in [0.1, 0.15) is 11.5 Å². The van der Waals surface area contributed by atoms with Gasteiger partial charge in [0.2, 0.25) is 0 Å². The van der Waals surface area contributed by atoms with Gasteiger partial charge in [0.15, 0.2) is 6.61 Å². The predicted molar refractivity (Wildman–Crippen MR) is 120 cm³/mol. The van der Waals surface area contributed by atoms with Gasteiger partial charge in [-0.1, -0.05) is 29.8 Å². The van der Waals surface area contributed by atoms with Crippen LogP contribution < -0.4 is 14.4 Å². The van der Waals surface area contributed by atoms with Gasteiger partial charge < -0.3 is 19.5 Å². The molecule has 0 aliphatic carbocycles. The molecular weight excluding hydrogens is 475 g/mol. The van der Waals surface area contributed by atoms with E-state index in [4.69, 9.17) is 26.2 Å². The highest BCUT2D eigenvalue weighted by Crippen LogP contribution is 2.44. The van der Waals surface area contributed by atoms with E-state index < -0.39 is 24.7 Å². The summed E-state index contributed by atoms with van der Waals surface area (Å²) in [5.41, 5.74) is 1.23. The van der Waals surface area contributed by atoms with Crippen molar-refractivity contribution in [2.45, 2.75) is 26.1 Å². The van der Waals surface area contributed by atoms with Gasteiger partial charge >= 0.3 is 12.1 Å². The molecule has 0 spiro atoms. The van der Waals surface area contributed by atoms with Crippen molar-refractivity contribution in [3.63, 3.8) is 0 Å². The first-order valence-electron chi connectivity index (χ1n) is 10.3. The van der Waals surface area contributed by atoms with E-state index in [1.54, 1.807) is 25.1 Å². The summed E-state index contributed by atoms with van der Waals surface area (Å²) in [7, 11) is 0. The molecule has 0 radical (unpaired) electrons. The fourth-order valence-electron chi connectivity index (χ4n) is 4.01. The number of anilines is 1. The number of carbonyl (C=O) groups is 2. The average molecular weight is 494 g/mol. The number of nitrogens with zero attached hydrogens (tertiary/aromatic N) is 1. The highest BCUT2D eigenvalue weighted by atomic mass is 35.5. The van der Waals surface area contributed by atoms with E-state index in [9.17, 15) is 22.8 Å². The van der Waals surface area contributed by atoms with Crippen molar-refractivity contribution in [2.75, 3.05) is 18.1 Å². The third-order valence-corrected chi connectivity index (χ3v) is 5.62. The summed E-state index contributed by atoms with van der Waals surface area (Å²) in [5, 5.41) is 10.1. The summed E-state index contributed by atoms with van der Waals surface area (Å²) in [6.45, 7) is 0.534. The second-order valence-electron chi connectivity index (χ2n) is 7.67. The standard InChI is InChI=1S/C24H19ClF3NO5/c1-2-33-18-5-3-4-14-10-19(34-12-24(26,27)28)15-11-29(23(32)22(15)21(14)18)17-7-6-13(8-16(17)25)9-20(30)31/h3-8,10H,2,9,11-12H2,1H3,(H,30,31). The predicted octanol–water partition coefficient (Wildman–Crippen LogP) is 5.62. The first-order valence-corrected chi connectivity index (χ1v) is 10.7. The van der Waals surface area contributed by atoms with Crippen LogP contribution in [-0.2, 0) is 17.8 Å². The molecule has 0 saturated carbocycles. The van der Waals surface area contributed by atoms with E-state index in [1.165, 1.54) is 29.2 Å². The van der Waals surface area contributed by atoms with Gasteiger partial charge in [0, 0.05) is 10.9 Å². The lowest BCUT2D eigenvalue weighted by Crippen LogP contribution is -2.23.